The van der Waals surface area contributed by atoms with E-state index in [0.717, 1.165) is 0 Å². The molecule has 7 heteroatoms. The number of sulfonamides is 1. The van der Waals surface area contributed by atoms with Gasteiger partial charge in [0, 0.05) is 0 Å². The molecule has 4 N–H and O–H groups in total. The summed E-state index contributed by atoms with van der Waals surface area (Å²) in [6.07, 6.45) is 0.571. The molecular formula is C9H21N3O3S. The van der Waals surface area contributed by atoms with Crippen molar-refractivity contribution in [2.24, 2.45) is 16.8 Å². The predicted molar refractivity (Wildman–Crippen MR) is 63.9 cm³/mol. The van der Waals surface area contributed by atoms with Gasteiger partial charge in [-0.15, -0.1) is 0 Å². The fraction of sp³-hybridized carbons (Fsp3) is 0.889. The number of nitrogens with one attached hydrogen (secondary N) is 1. The van der Waals surface area contributed by atoms with Gasteiger partial charge in [-0.05, 0) is 26.2 Å². The van der Waals surface area contributed by atoms with Crippen LogP contribution in [0.5, 0.6) is 0 Å². The summed E-state index contributed by atoms with van der Waals surface area (Å²) in [5, 5.41) is 11.3. The lowest BCUT2D eigenvalue weighted by Crippen LogP contribution is -2.53. The second-order valence-corrected chi connectivity index (χ2v) is 6.56. The van der Waals surface area contributed by atoms with Gasteiger partial charge in [0.2, 0.25) is 10.0 Å². The summed E-state index contributed by atoms with van der Waals surface area (Å²) >= 11 is 0. The fourth-order valence-corrected chi connectivity index (χ4v) is 2.77. The summed E-state index contributed by atoms with van der Waals surface area (Å²) in [5.74, 6) is 0.177. The minimum absolute atomic E-state index is 0.0345. The molecule has 0 spiro atoms. The molecule has 0 bridgehead atoms. The zero-order valence-electron chi connectivity index (χ0n) is 10.2. The van der Waals surface area contributed by atoms with Crippen molar-refractivity contribution in [2.75, 3.05) is 5.75 Å². The van der Waals surface area contributed by atoms with E-state index in [1.54, 1.807) is 0 Å². The minimum atomic E-state index is -3.41. The van der Waals surface area contributed by atoms with Gasteiger partial charge in [-0.3, -0.25) is 0 Å². The Labute approximate surface area is 97.0 Å². The van der Waals surface area contributed by atoms with Crippen LogP contribution in [-0.4, -0.2) is 30.8 Å². The maximum Gasteiger partial charge on any atom is 0.212 e. The quantitative estimate of drug-likeness (QED) is 0.276. The first-order chi connectivity index (χ1) is 7.10. The highest BCUT2D eigenvalue weighted by Gasteiger charge is 2.29. The molecule has 0 amide bonds. The van der Waals surface area contributed by atoms with Crippen molar-refractivity contribution in [1.29, 1.82) is 0 Å². The van der Waals surface area contributed by atoms with Gasteiger partial charge >= 0.3 is 0 Å². The first-order valence-corrected chi connectivity index (χ1v) is 6.75. The standard InChI is InChI=1S/C9H21N3O3S/c1-7(2)5-6-16(14,15)12-9(3,4)8(10)11-13/h7,12-13H,5-6H2,1-4H3,(H2,10,11). The zero-order chi connectivity index (χ0) is 13.0. The topological polar surface area (TPSA) is 105 Å². The third kappa shape index (κ3) is 5.32. The molecule has 0 fully saturated rings. The monoisotopic (exact) mass is 251 g/mol. The average molecular weight is 251 g/mol. The minimum Gasteiger partial charge on any atom is -0.409 e. The number of amidine groups is 1. The molecule has 0 unspecified atom stereocenters. The van der Waals surface area contributed by atoms with E-state index in [-0.39, 0.29) is 11.6 Å². The predicted octanol–water partition coefficient (Wildman–Crippen LogP) is 0.477. The average Bonchev–Trinajstić information content (AvgIpc) is 2.12. The highest BCUT2D eigenvalue weighted by molar-refractivity contribution is 7.89. The van der Waals surface area contributed by atoms with Crippen molar-refractivity contribution in [2.45, 2.75) is 39.7 Å². The third-order valence-corrected chi connectivity index (χ3v) is 3.72. The summed E-state index contributed by atoms with van der Waals surface area (Å²) in [6, 6.07) is 0. The lowest BCUT2D eigenvalue weighted by molar-refractivity contribution is 0.312. The Hall–Kier alpha value is -0.820. The Morgan fingerprint density at radius 3 is 2.38 bits per heavy atom. The van der Waals surface area contributed by atoms with Crippen molar-refractivity contribution >= 4 is 15.9 Å². The first-order valence-electron chi connectivity index (χ1n) is 5.10. The molecule has 0 aromatic carbocycles. The van der Waals surface area contributed by atoms with Crippen LogP contribution in [0.1, 0.15) is 34.1 Å². The van der Waals surface area contributed by atoms with Gasteiger partial charge in [0.15, 0.2) is 5.84 Å². The maximum atomic E-state index is 11.7. The molecule has 0 aromatic heterocycles. The number of nitrogens with zero attached hydrogens (tertiary/aromatic N) is 1. The summed E-state index contributed by atoms with van der Waals surface area (Å²) in [5.41, 5.74) is 4.31. The van der Waals surface area contributed by atoms with Crippen LogP contribution in [0, 0.1) is 5.92 Å². The van der Waals surface area contributed by atoms with Crippen LogP contribution in [0.15, 0.2) is 5.16 Å². The molecule has 0 rings (SSSR count). The molecule has 0 aliphatic carbocycles. The summed E-state index contributed by atoms with van der Waals surface area (Å²) in [6.45, 7) is 6.97. The lowest BCUT2D eigenvalue weighted by Gasteiger charge is -2.24. The smallest absolute Gasteiger partial charge is 0.212 e. The summed E-state index contributed by atoms with van der Waals surface area (Å²) in [7, 11) is -3.41. The fourth-order valence-electron chi connectivity index (χ4n) is 1.01. The Kier molecular flexibility index (Phi) is 5.21. The van der Waals surface area contributed by atoms with Gasteiger partial charge in [0.05, 0.1) is 11.3 Å². The SMILES string of the molecule is CC(C)CCS(=O)(=O)NC(C)(C)C(N)=NO. The second kappa shape index (κ2) is 5.49. The van der Waals surface area contributed by atoms with Gasteiger partial charge in [-0.2, -0.15) is 0 Å². The molecule has 0 aromatic rings. The van der Waals surface area contributed by atoms with E-state index in [2.05, 4.69) is 9.88 Å². The number of rotatable bonds is 6. The van der Waals surface area contributed by atoms with Crippen molar-refractivity contribution in [3.8, 4) is 0 Å². The first kappa shape index (κ1) is 15.2. The molecule has 0 heterocycles. The van der Waals surface area contributed by atoms with Gasteiger partial charge in [0.25, 0.3) is 0 Å². The van der Waals surface area contributed by atoms with Crippen LogP contribution in [0.3, 0.4) is 0 Å². The van der Waals surface area contributed by atoms with E-state index in [4.69, 9.17) is 10.9 Å². The molecular weight excluding hydrogens is 230 g/mol. The lowest BCUT2D eigenvalue weighted by atomic mass is 10.1. The largest absolute Gasteiger partial charge is 0.409 e. The van der Waals surface area contributed by atoms with Crippen molar-refractivity contribution in [1.82, 2.24) is 4.72 Å². The molecule has 0 aliphatic heterocycles. The third-order valence-electron chi connectivity index (χ3n) is 2.12. The summed E-state index contributed by atoms with van der Waals surface area (Å²) in [4.78, 5) is 0. The van der Waals surface area contributed by atoms with E-state index in [9.17, 15) is 8.42 Å². The van der Waals surface area contributed by atoms with Crippen LogP contribution < -0.4 is 10.5 Å². The van der Waals surface area contributed by atoms with E-state index in [1.165, 1.54) is 13.8 Å². The molecule has 0 atom stereocenters. The molecule has 6 nitrogen and oxygen atoms in total. The van der Waals surface area contributed by atoms with Gasteiger partial charge < -0.3 is 10.9 Å². The zero-order valence-corrected chi connectivity index (χ0v) is 11.0. The van der Waals surface area contributed by atoms with Crippen molar-refractivity contribution in [3.63, 3.8) is 0 Å². The molecule has 0 aliphatic rings. The van der Waals surface area contributed by atoms with Gasteiger partial charge in [-0.25, -0.2) is 13.1 Å². The van der Waals surface area contributed by atoms with E-state index in [1.807, 2.05) is 13.8 Å². The number of nitrogens with two attached hydrogens (primary N) is 1. The van der Waals surface area contributed by atoms with Crippen molar-refractivity contribution in [3.05, 3.63) is 0 Å². The molecule has 16 heavy (non-hydrogen) atoms. The van der Waals surface area contributed by atoms with Gasteiger partial charge in [0.1, 0.15) is 0 Å². The molecule has 0 saturated carbocycles. The van der Waals surface area contributed by atoms with E-state index < -0.39 is 15.6 Å². The Balaban J connectivity index is 4.59. The number of hydrogen-bond donors (Lipinski definition) is 3. The van der Waals surface area contributed by atoms with Gasteiger partial charge in [-0.1, -0.05) is 19.0 Å². The highest BCUT2D eigenvalue weighted by Crippen LogP contribution is 2.08. The highest BCUT2D eigenvalue weighted by atomic mass is 32.2. The Bertz CT molecular complexity index is 347. The van der Waals surface area contributed by atoms with Crippen LogP contribution >= 0.6 is 0 Å². The van der Waals surface area contributed by atoms with Crippen LogP contribution in [0.25, 0.3) is 0 Å². The normalized spacial score (nSPS) is 14.4. The molecule has 0 saturated heterocycles. The van der Waals surface area contributed by atoms with Crippen LogP contribution in [0.2, 0.25) is 0 Å². The van der Waals surface area contributed by atoms with Crippen LogP contribution in [-0.2, 0) is 10.0 Å². The molecule has 96 valence electrons. The number of hydrogen-bond acceptors (Lipinski definition) is 4. The Morgan fingerprint density at radius 2 is 2.00 bits per heavy atom. The van der Waals surface area contributed by atoms with Crippen molar-refractivity contribution < 1.29 is 13.6 Å². The second-order valence-electron chi connectivity index (χ2n) is 4.71. The van der Waals surface area contributed by atoms with E-state index >= 15 is 0 Å². The maximum absolute atomic E-state index is 11.7. The Morgan fingerprint density at radius 1 is 1.50 bits per heavy atom. The van der Waals surface area contributed by atoms with E-state index in [0.29, 0.717) is 12.3 Å². The number of oxime groups is 1. The summed E-state index contributed by atoms with van der Waals surface area (Å²) < 4.78 is 25.7. The molecule has 0 radical (unpaired) electrons. The van der Waals surface area contributed by atoms with Crippen LogP contribution in [0.4, 0.5) is 0 Å².